The highest BCUT2D eigenvalue weighted by atomic mass is 35.5. The minimum atomic E-state index is -3.83. The van der Waals surface area contributed by atoms with Crippen LogP contribution in [0.15, 0.2) is 30.0 Å². The van der Waals surface area contributed by atoms with E-state index >= 15 is 0 Å². The van der Waals surface area contributed by atoms with Crippen molar-refractivity contribution in [2.75, 3.05) is 13.2 Å². The standard InChI is InChI=1S/C17H20ClN3O4S/c1-3-4-8-21-11-14(17(22)25-9-7-19)16(20-26(21,23)24)13-6-5-12(2)10-15(13)18/h5-6,10-11,16,20H,3-4,8-9H2,1-2H3. The molecule has 140 valence electrons. The first-order valence-electron chi connectivity index (χ1n) is 8.11. The largest absolute Gasteiger partial charge is 0.447 e. The molecule has 1 aliphatic rings. The van der Waals surface area contributed by atoms with Crippen molar-refractivity contribution in [2.24, 2.45) is 0 Å². The Balaban J connectivity index is 2.50. The summed E-state index contributed by atoms with van der Waals surface area (Å²) in [4.78, 5) is 12.4. The molecule has 2 rings (SSSR count). The summed E-state index contributed by atoms with van der Waals surface area (Å²) in [7, 11) is -3.83. The average molecular weight is 398 g/mol. The van der Waals surface area contributed by atoms with Crippen molar-refractivity contribution in [1.29, 1.82) is 5.26 Å². The van der Waals surface area contributed by atoms with E-state index in [9.17, 15) is 13.2 Å². The van der Waals surface area contributed by atoms with Crippen molar-refractivity contribution in [3.05, 3.63) is 46.1 Å². The fraction of sp³-hybridized carbons (Fsp3) is 0.412. The highest BCUT2D eigenvalue weighted by molar-refractivity contribution is 7.87. The molecule has 1 aliphatic heterocycles. The van der Waals surface area contributed by atoms with Crippen molar-refractivity contribution in [3.8, 4) is 6.07 Å². The van der Waals surface area contributed by atoms with Gasteiger partial charge in [0.25, 0.3) is 0 Å². The highest BCUT2D eigenvalue weighted by Gasteiger charge is 2.37. The quantitative estimate of drug-likeness (QED) is 0.743. The lowest BCUT2D eigenvalue weighted by atomic mass is 9.99. The molecule has 1 aromatic rings. The smallest absolute Gasteiger partial charge is 0.338 e. The van der Waals surface area contributed by atoms with Gasteiger partial charge in [-0.2, -0.15) is 18.4 Å². The first-order valence-corrected chi connectivity index (χ1v) is 9.93. The maximum absolute atomic E-state index is 12.6. The molecule has 26 heavy (non-hydrogen) atoms. The zero-order valence-corrected chi connectivity index (χ0v) is 16.1. The van der Waals surface area contributed by atoms with Crippen LogP contribution in [0.25, 0.3) is 0 Å². The lowest BCUT2D eigenvalue weighted by Gasteiger charge is -2.32. The first-order chi connectivity index (χ1) is 12.3. The highest BCUT2D eigenvalue weighted by Crippen LogP contribution is 2.33. The Labute approximate surface area is 158 Å². The molecule has 0 spiro atoms. The molecule has 0 fully saturated rings. The number of ether oxygens (including phenoxy) is 1. The Kier molecular flexibility index (Phi) is 6.64. The molecule has 1 aromatic carbocycles. The summed E-state index contributed by atoms with van der Waals surface area (Å²) in [6.45, 7) is 3.59. The van der Waals surface area contributed by atoms with Crippen molar-refractivity contribution < 1.29 is 17.9 Å². The van der Waals surface area contributed by atoms with Crippen molar-refractivity contribution >= 4 is 27.8 Å². The van der Waals surface area contributed by atoms with E-state index in [4.69, 9.17) is 21.6 Å². The van der Waals surface area contributed by atoms with Gasteiger partial charge in [-0.05, 0) is 30.5 Å². The minimum absolute atomic E-state index is 0.0805. The van der Waals surface area contributed by atoms with Gasteiger partial charge in [0, 0.05) is 17.8 Å². The third-order valence-corrected chi connectivity index (χ3v) is 5.64. The van der Waals surface area contributed by atoms with E-state index < -0.39 is 28.8 Å². The van der Waals surface area contributed by atoms with E-state index in [0.717, 1.165) is 16.3 Å². The molecule has 0 aromatic heterocycles. The number of esters is 1. The second kappa shape index (κ2) is 8.54. The fourth-order valence-corrected chi connectivity index (χ4v) is 4.18. The fourth-order valence-electron chi connectivity index (χ4n) is 2.53. The molecule has 1 N–H and O–H groups in total. The van der Waals surface area contributed by atoms with Crippen LogP contribution in [0, 0.1) is 18.3 Å². The predicted octanol–water partition coefficient (Wildman–Crippen LogP) is 2.59. The van der Waals surface area contributed by atoms with Gasteiger partial charge in [-0.25, -0.2) is 4.79 Å². The lowest BCUT2D eigenvalue weighted by molar-refractivity contribution is -0.138. The maximum atomic E-state index is 12.6. The molecule has 1 heterocycles. The molecule has 1 unspecified atom stereocenters. The first kappa shape index (κ1) is 20.2. The van der Waals surface area contributed by atoms with Crippen LogP contribution in [-0.2, 0) is 19.7 Å². The molecule has 0 bridgehead atoms. The molecule has 7 nitrogen and oxygen atoms in total. The van der Waals surface area contributed by atoms with E-state index in [0.29, 0.717) is 17.0 Å². The van der Waals surface area contributed by atoms with Crippen LogP contribution in [-0.4, -0.2) is 31.8 Å². The van der Waals surface area contributed by atoms with Crippen LogP contribution in [0.2, 0.25) is 5.02 Å². The minimum Gasteiger partial charge on any atom is -0.447 e. The Morgan fingerprint density at radius 3 is 2.81 bits per heavy atom. The van der Waals surface area contributed by atoms with Crippen LogP contribution < -0.4 is 4.72 Å². The number of nitrogens with one attached hydrogen (secondary N) is 1. The second-order valence-electron chi connectivity index (χ2n) is 5.86. The lowest BCUT2D eigenvalue weighted by Crippen LogP contribution is -2.46. The number of halogens is 1. The number of hydrogen-bond acceptors (Lipinski definition) is 5. The molecule has 0 radical (unpaired) electrons. The average Bonchev–Trinajstić information content (AvgIpc) is 2.58. The van der Waals surface area contributed by atoms with Gasteiger partial charge in [0.1, 0.15) is 6.07 Å². The summed E-state index contributed by atoms with van der Waals surface area (Å²) in [6, 6.07) is 5.86. The van der Waals surface area contributed by atoms with Gasteiger partial charge in [-0.15, -0.1) is 0 Å². The Morgan fingerprint density at radius 1 is 1.46 bits per heavy atom. The van der Waals surface area contributed by atoms with Crippen molar-refractivity contribution in [1.82, 2.24) is 9.03 Å². The second-order valence-corrected chi connectivity index (χ2v) is 7.93. The molecule has 0 saturated carbocycles. The van der Waals surface area contributed by atoms with E-state index in [2.05, 4.69) is 4.72 Å². The SMILES string of the molecule is CCCCN1C=C(C(=O)OCC#N)C(c2ccc(C)cc2Cl)NS1(=O)=O. The Hall–Kier alpha value is -2.08. The van der Waals surface area contributed by atoms with Crippen LogP contribution in [0.5, 0.6) is 0 Å². The van der Waals surface area contributed by atoms with Gasteiger partial charge in [0.05, 0.1) is 11.6 Å². The maximum Gasteiger partial charge on any atom is 0.338 e. The number of hydrogen-bond donors (Lipinski definition) is 1. The van der Waals surface area contributed by atoms with E-state index in [1.807, 2.05) is 13.8 Å². The Bertz CT molecular complexity index is 861. The Morgan fingerprint density at radius 2 is 2.19 bits per heavy atom. The summed E-state index contributed by atoms with van der Waals surface area (Å²) < 4.78 is 33.6. The van der Waals surface area contributed by atoms with E-state index in [1.54, 1.807) is 24.3 Å². The van der Waals surface area contributed by atoms with Gasteiger partial charge in [0.15, 0.2) is 6.61 Å². The molecular formula is C17H20ClN3O4S. The number of unbranched alkanes of at least 4 members (excludes halogenated alkanes) is 1. The zero-order chi connectivity index (χ0) is 19.3. The van der Waals surface area contributed by atoms with E-state index in [1.165, 1.54) is 6.20 Å². The van der Waals surface area contributed by atoms with Crippen molar-refractivity contribution in [2.45, 2.75) is 32.7 Å². The predicted molar refractivity (Wildman–Crippen MR) is 97.3 cm³/mol. The van der Waals surface area contributed by atoms with Crippen LogP contribution >= 0.6 is 11.6 Å². The molecule has 0 amide bonds. The topological polar surface area (TPSA) is 99.5 Å². The van der Waals surface area contributed by atoms with Gasteiger partial charge >= 0.3 is 16.2 Å². The number of aryl methyl sites for hydroxylation is 1. The number of nitrogens with zero attached hydrogens (tertiary/aromatic N) is 2. The monoisotopic (exact) mass is 397 g/mol. The van der Waals surface area contributed by atoms with Crippen molar-refractivity contribution in [3.63, 3.8) is 0 Å². The molecule has 0 saturated heterocycles. The number of carbonyl (C=O) groups excluding carboxylic acids is 1. The zero-order valence-electron chi connectivity index (χ0n) is 14.5. The number of rotatable bonds is 6. The normalized spacial score (nSPS) is 18.8. The van der Waals surface area contributed by atoms with Gasteiger partial charge < -0.3 is 4.74 Å². The number of carbonyl (C=O) groups is 1. The van der Waals surface area contributed by atoms with Crippen LogP contribution in [0.1, 0.15) is 36.9 Å². The third-order valence-electron chi connectivity index (χ3n) is 3.87. The van der Waals surface area contributed by atoms with E-state index in [-0.39, 0.29) is 12.1 Å². The molecular weight excluding hydrogens is 378 g/mol. The van der Waals surface area contributed by atoms with Gasteiger partial charge in [-0.1, -0.05) is 37.1 Å². The summed E-state index contributed by atoms with van der Waals surface area (Å²) in [6.07, 6.45) is 2.69. The molecule has 9 heteroatoms. The summed E-state index contributed by atoms with van der Waals surface area (Å²) >= 11 is 6.27. The summed E-state index contributed by atoms with van der Waals surface area (Å²) in [5.41, 5.74) is 1.42. The van der Waals surface area contributed by atoms with Crippen LogP contribution in [0.4, 0.5) is 0 Å². The third kappa shape index (κ3) is 4.55. The summed E-state index contributed by atoms with van der Waals surface area (Å²) in [5, 5.41) is 8.96. The van der Waals surface area contributed by atoms with Crippen LogP contribution in [0.3, 0.4) is 0 Å². The number of nitriles is 1. The van der Waals surface area contributed by atoms with Gasteiger partial charge in [-0.3, -0.25) is 4.31 Å². The molecule has 1 atom stereocenters. The summed E-state index contributed by atoms with van der Waals surface area (Å²) in [5.74, 6) is -0.767. The number of benzene rings is 1. The van der Waals surface area contributed by atoms with Gasteiger partial charge in [0.2, 0.25) is 0 Å². The molecule has 0 aliphatic carbocycles.